The number of esters is 1. The number of carbonyl (C=O) groups excluding carboxylic acids is 1. The standard InChI is InChI=1S/C19H23NO4S/c1-5-24-18(21)12-16-6-8-17(9-7-16)20-25(22,23)19-14(3)10-13(2)11-15(19)4/h6-11,20H,5,12H2,1-4H3. The van der Waals surface area contributed by atoms with Crippen LogP contribution in [-0.2, 0) is 26.0 Å². The van der Waals surface area contributed by atoms with Gasteiger partial charge >= 0.3 is 5.97 Å². The number of carbonyl (C=O) groups is 1. The first-order valence-electron chi connectivity index (χ1n) is 8.08. The van der Waals surface area contributed by atoms with Gasteiger partial charge < -0.3 is 4.74 Å². The van der Waals surface area contributed by atoms with Crippen molar-refractivity contribution in [2.45, 2.75) is 39.0 Å². The molecule has 0 unspecified atom stereocenters. The monoisotopic (exact) mass is 361 g/mol. The first-order valence-corrected chi connectivity index (χ1v) is 9.56. The molecule has 0 spiro atoms. The van der Waals surface area contributed by atoms with Gasteiger partial charge in [0.05, 0.1) is 17.9 Å². The first kappa shape index (κ1) is 19.0. The van der Waals surface area contributed by atoms with Crippen LogP contribution < -0.4 is 4.72 Å². The number of ether oxygens (including phenoxy) is 1. The molecule has 0 bridgehead atoms. The Hall–Kier alpha value is -2.34. The number of sulfonamides is 1. The molecule has 0 atom stereocenters. The Labute approximate surface area is 149 Å². The number of rotatable bonds is 6. The molecule has 0 saturated heterocycles. The fourth-order valence-corrected chi connectivity index (χ4v) is 4.38. The van der Waals surface area contributed by atoms with E-state index < -0.39 is 10.0 Å². The number of hydrogen-bond donors (Lipinski definition) is 1. The Bertz CT molecular complexity index is 848. The van der Waals surface area contributed by atoms with Crippen LogP contribution >= 0.6 is 0 Å². The maximum absolute atomic E-state index is 12.7. The van der Waals surface area contributed by atoms with Gasteiger partial charge in [-0.15, -0.1) is 0 Å². The zero-order valence-corrected chi connectivity index (χ0v) is 15.7. The van der Waals surface area contributed by atoms with E-state index in [0.717, 1.165) is 11.1 Å². The van der Waals surface area contributed by atoms with E-state index >= 15 is 0 Å². The molecular weight excluding hydrogens is 338 g/mol. The predicted octanol–water partition coefficient (Wildman–Crippen LogP) is 3.52. The van der Waals surface area contributed by atoms with Gasteiger partial charge in [-0.1, -0.05) is 29.8 Å². The van der Waals surface area contributed by atoms with Crippen molar-refractivity contribution in [3.63, 3.8) is 0 Å². The smallest absolute Gasteiger partial charge is 0.310 e. The number of anilines is 1. The highest BCUT2D eigenvalue weighted by molar-refractivity contribution is 7.92. The zero-order chi connectivity index (χ0) is 18.6. The summed E-state index contributed by atoms with van der Waals surface area (Å²) in [6.45, 7) is 7.61. The quantitative estimate of drug-likeness (QED) is 0.799. The fourth-order valence-electron chi connectivity index (χ4n) is 2.87. The minimum atomic E-state index is -3.68. The van der Waals surface area contributed by atoms with Crippen LogP contribution in [0.4, 0.5) is 5.69 Å². The third-order valence-electron chi connectivity index (χ3n) is 3.73. The van der Waals surface area contributed by atoms with Crippen molar-refractivity contribution in [2.24, 2.45) is 0 Å². The van der Waals surface area contributed by atoms with Crippen molar-refractivity contribution in [1.82, 2.24) is 0 Å². The minimum Gasteiger partial charge on any atom is -0.466 e. The summed E-state index contributed by atoms with van der Waals surface area (Å²) in [7, 11) is -3.68. The summed E-state index contributed by atoms with van der Waals surface area (Å²) in [5.74, 6) is -0.304. The first-order chi connectivity index (χ1) is 11.7. The average Bonchev–Trinajstić information content (AvgIpc) is 2.47. The number of benzene rings is 2. The second-order valence-corrected chi connectivity index (χ2v) is 7.63. The summed E-state index contributed by atoms with van der Waals surface area (Å²) < 4.78 is 32.9. The lowest BCUT2D eigenvalue weighted by Crippen LogP contribution is -2.16. The topological polar surface area (TPSA) is 72.5 Å². The van der Waals surface area contributed by atoms with E-state index in [1.807, 2.05) is 19.1 Å². The maximum atomic E-state index is 12.7. The minimum absolute atomic E-state index is 0.164. The molecule has 0 radical (unpaired) electrons. The van der Waals surface area contributed by atoms with E-state index in [0.29, 0.717) is 28.3 Å². The van der Waals surface area contributed by atoms with Gasteiger partial charge in [0.2, 0.25) is 0 Å². The van der Waals surface area contributed by atoms with E-state index in [2.05, 4.69) is 4.72 Å². The molecule has 6 heteroatoms. The van der Waals surface area contributed by atoms with E-state index in [-0.39, 0.29) is 12.4 Å². The van der Waals surface area contributed by atoms with Gasteiger partial charge in [-0.05, 0) is 56.5 Å². The van der Waals surface area contributed by atoms with Crippen molar-refractivity contribution in [2.75, 3.05) is 11.3 Å². The maximum Gasteiger partial charge on any atom is 0.310 e. The van der Waals surface area contributed by atoms with E-state index in [9.17, 15) is 13.2 Å². The Morgan fingerprint density at radius 3 is 2.12 bits per heavy atom. The van der Waals surface area contributed by atoms with Crippen LogP contribution in [0.3, 0.4) is 0 Å². The van der Waals surface area contributed by atoms with Crippen molar-refractivity contribution in [1.29, 1.82) is 0 Å². The summed E-state index contributed by atoms with van der Waals surface area (Å²) >= 11 is 0. The van der Waals surface area contributed by atoms with Gasteiger partial charge in [-0.25, -0.2) is 8.42 Å². The van der Waals surface area contributed by atoms with Crippen LogP contribution in [0, 0.1) is 20.8 Å². The molecule has 5 nitrogen and oxygen atoms in total. The summed E-state index contributed by atoms with van der Waals surface area (Å²) in [4.78, 5) is 11.8. The van der Waals surface area contributed by atoms with Crippen molar-refractivity contribution < 1.29 is 17.9 Å². The molecule has 0 aromatic heterocycles. The van der Waals surface area contributed by atoms with Crippen LogP contribution in [0.25, 0.3) is 0 Å². The highest BCUT2D eigenvalue weighted by Gasteiger charge is 2.20. The third-order valence-corrected chi connectivity index (χ3v) is 5.42. The normalized spacial score (nSPS) is 11.2. The fraction of sp³-hybridized carbons (Fsp3) is 0.316. The van der Waals surface area contributed by atoms with Gasteiger partial charge in [-0.3, -0.25) is 9.52 Å². The molecule has 25 heavy (non-hydrogen) atoms. The molecule has 0 fully saturated rings. The van der Waals surface area contributed by atoms with Gasteiger partial charge in [0.25, 0.3) is 10.0 Å². The summed E-state index contributed by atoms with van der Waals surface area (Å²) in [6, 6.07) is 10.4. The molecule has 2 aromatic carbocycles. The molecule has 0 aliphatic heterocycles. The number of aryl methyl sites for hydroxylation is 3. The van der Waals surface area contributed by atoms with Crippen molar-refractivity contribution >= 4 is 21.7 Å². The van der Waals surface area contributed by atoms with Gasteiger partial charge in [0.1, 0.15) is 0 Å². The SMILES string of the molecule is CCOC(=O)Cc1ccc(NS(=O)(=O)c2c(C)cc(C)cc2C)cc1. The second-order valence-electron chi connectivity index (χ2n) is 6.01. The van der Waals surface area contributed by atoms with Crippen LogP contribution in [0.15, 0.2) is 41.3 Å². The predicted molar refractivity (Wildman–Crippen MR) is 98.2 cm³/mol. The Balaban J connectivity index is 2.20. The number of nitrogens with one attached hydrogen (secondary N) is 1. The summed E-state index contributed by atoms with van der Waals surface area (Å²) in [5.41, 5.74) is 3.67. The van der Waals surface area contributed by atoms with E-state index in [1.54, 1.807) is 45.0 Å². The lowest BCUT2D eigenvalue weighted by Gasteiger charge is -2.14. The molecule has 0 saturated carbocycles. The third kappa shape index (κ3) is 4.82. The Morgan fingerprint density at radius 1 is 1.04 bits per heavy atom. The van der Waals surface area contributed by atoms with Gasteiger partial charge in [-0.2, -0.15) is 0 Å². The molecule has 0 heterocycles. The highest BCUT2D eigenvalue weighted by Crippen LogP contribution is 2.24. The molecule has 1 N–H and O–H groups in total. The van der Waals surface area contributed by atoms with Gasteiger partial charge in [0.15, 0.2) is 0 Å². The molecule has 0 amide bonds. The van der Waals surface area contributed by atoms with Crippen LogP contribution in [-0.4, -0.2) is 21.0 Å². The van der Waals surface area contributed by atoms with E-state index in [4.69, 9.17) is 4.74 Å². The highest BCUT2D eigenvalue weighted by atomic mass is 32.2. The average molecular weight is 361 g/mol. The summed E-state index contributed by atoms with van der Waals surface area (Å²) in [6.07, 6.45) is 0.164. The molecule has 0 aliphatic carbocycles. The second kappa shape index (κ2) is 7.70. The molecule has 2 rings (SSSR count). The molecule has 134 valence electrons. The Kier molecular flexibility index (Phi) is 5.85. The molecular formula is C19H23NO4S. The molecule has 0 aliphatic rings. The van der Waals surface area contributed by atoms with Crippen LogP contribution in [0.1, 0.15) is 29.2 Å². The largest absolute Gasteiger partial charge is 0.466 e. The van der Waals surface area contributed by atoms with E-state index in [1.165, 1.54) is 0 Å². The Morgan fingerprint density at radius 2 is 1.60 bits per heavy atom. The molecule has 2 aromatic rings. The van der Waals surface area contributed by atoms with Crippen LogP contribution in [0.2, 0.25) is 0 Å². The van der Waals surface area contributed by atoms with Crippen molar-refractivity contribution in [3.8, 4) is 0 Å². The van der Waals surface area contributed by atoms with Gasteiger partial charge in [0, 0.05) is 5.69 Å². The summed E-state index contributed by atoms with van der Waals surface area (Å²) in [5, 5.41) is 0. The lowest BCUT2D eigenvalue weighted by molar-refractivity contribution is -0.142. The zero-order valence-electron chi connectivity index (χ0n) is 14.9. The van der Waals surface area contributed by atoms with Crippen LogP contribution in [0.5, 0.6) is 0 Å². The van der Waals surface area contributed by atoms with Crippen molar-refractivity contribution in [3.05, 3.63) is 58.7 Å². The lowest BCUT2D eigenvalue weighted by atomic mass is 10.1. The number of hydrogen-bond acceptors (Lipinski definition) is 4.